The molecule has 1 heterocycles. The molecule has 0 N–H and O–H groups in total. The summed E-state index contributed by atoms with van der Waals surface area (Å²) < 4.78 is 7.07. The van der Waals surface area contributed by atoms with Crippen LogP contribution in [-0.4, -0.2) is 34.8 Å². The van der Waals surface area contributed by atoms with Gasteiger partial charge in [-0.25, -0.2) is 0 Å². The quantitative estimate of drug-likeness (QED) is 0.591. The molecular weight excluding hydrogens is 230 g/mol. The minimum atomic E-state index is -1.76. The Hall–Kier alpha value is -0.823. The lowest BCUT2D eigenvalue weighted by molar-refractivity contribution is -0.132. The van der Waals surface area contributed by atoms with E-state index in [1.807, 2.05) is 26.7 Å². The molecule has 0 unspecified atom stereocenters. The number of aromatic nitrogens is 3. The average Bonchev–Trinajstić information content (AvgIpc) is 2.44. The second kappa shape index (κ2) is 4.80. The molecule has 0 saturated carbocycles. The van der Waals surface area contributed by atoms with Crippen LogP contribution in [0, 0.1) is 0 Å². The van der Waals surface area contributed by atoms with Crippen LogP contribution in [0.2, 0.25) is 19.6 Å². The molecule has 0 aliphatic heterocycles. The molecule has 0 fully saturated rings. The van der Waals surface area contributed by atoms with E-state index in [4.69, 9.17) is 4.43 Å². The lowest BCUT2D eigenvalue weighted by Gasteiger charge is -2.16. The summed E-state index contributed by atoms with van der Waals surface area (Å²) in [5.41, 5.74) is 0. The van der Waals surface area contributed by atoms with Crippen LogP contribution < -0.4 is 0 Å². The highest BCUT2D eigenvalue weighted by atomic mass is 32.2. The fraction of sp³-hybridized carbons (Fsp3) is 0.625. The third-order valence-corrected chi connectivity index (χ3v) is 3.26. The van der Waals surface area contributed by atoms with Crippen LogP contribution >= 0.6 is 11.8 Å². The van der Waals surface area contributed by atoms with Crippen molar-refractivity contribution in [3.63, 3.8) is 0 Å². The van der Waals surface area contributed by atoms with Gasteiger partial charge in [-0.1, -0.05) is 11.8 Å². The zero-order valence-corrected chi connectivity index (χ0v) is 11.2. The standard InChI is InChI=1S/C8H15N3O2SSi/c1-11-6-9-10-8(11)14-5-7(12)13-15(2,3)4/h6H,5H2,1-4H3. The van der Waals surface area contributed by atoms with Crippen molar-refractivity contribution in [1.82, 2.24) is 14.8 Å². The summed E-state index contributed by atoms with van der Waals surface area (Å²) in [7, 11) is 0.0778. The minimum absolute atomic E-state index is 0.179. The van der Waals surface area contributed by atoms with Gasteiger partial charge in [0.05, 0.1) is 5.75 Å². The second-order valence-electron chi connectivity index (χ2n) is 4.10. The molecule has 0 aliphatic rings. The molecule has 15 heavy (non-hydrogen) atoms. The van der Waals surface area contributed by atoms with Gasteiger partial charge in [0.25, 0.3) is 0 Å². The second-order valence-corrected chi connectivity index (χ2v) is 9.47. The minimum Gasteiger partial charge on any atom is -0.519 e. The fourth-order valence-electron chi connectivity index (χ4n) is 0.898. The van der Waals surface area contributed by atoms with Crippen LogP contribution in [-0.2, 0) is 16.3 Å². The molecule has 0 radical (unpaired) electrons. The van der Waals surface area contributed by atoms with Gasteiger partial charge < -0.3 is 8.99 Å². The van der Waals surface area contributed by atoms with Crippen LogP contribution in [0.5, 0.6) is 0 Å². The average molecular weight is 245 g/mol. The van der Waals surface area contributed by atoms with E-state index in [0.717, 1.165) is 5.16 Å². The van der Waals surface area contributed by atoms with Crippen LogP contribution in [0.15, 0.2) is 11.5 Å². The van der Waals surface area contributed by atoms with Gasteiger partial charge in [0.2, 0.25) is 8.32 Å². The molecule has 1 aromatic rings. The van der Waals surface area contributed by atoms with E-state index in [2.05, 4.69) is 10.2 Å². The normalized spacial score (nSPS) is 11.5. The Kier molecular flexibility index (Phi) is 3.92. The Morgan fingerprint density at radius 3 is 2.73 bits per heavy atom. The predicted molar refractivity (Wildman–Crippen MR) is 61.2 cm³/mol. The first-order valence-corrected chi connectivity index (χ1v) is 8.96. The number of carbonyl (C=O) groups is 1. The summed E-state index contributed by atoms with van der Waals surface area (Å²) >= 11 is 1.34. The number of rotatable bonds is 4. The van der Waals surface area contributed by atoms with E-state index in [9.17, 15) is 4.79 Å². The molecule has 0 amide bonds. The van der Waals surface area contributed by atoms with Crippen molar-refractivity contribution in [3.05, 3.63) is 6.33 Å². The topological polar surface area (TPSA) is 57.0 Å². The zero-order valence-electron chi connectivity index (χ0n) is 9.35. The maximum absolute atomic E-state index is 11.4. The number of carbonyl (C=O) groups excluding carboxylic acids is 1. The summed E-state index contributed by atoms with van der Waals surface area (Å²) in [6.07, 6.45) is 1.60. The number of thioether (sulfide) groups is 1. The first-order chi connectivity index (χ1) is 6.88. The third kappa shape index (κ3) is 4.48. The van der Waals surface area contributed by atoms with Crippen LogP contribution in [0.1, 0.15) is 0 Å². The molecule has 0 aliphatic carbocycles. The van der Waals surface area contributed by atoms with Crippen molar-refractivity contribution >= 4 is 26.0 Å². The van der Waals surface area contributed by atoms with Gasteiger partial charge in [-0.3, -0.25) is 4.79 Å². The Morgan fingerprint density at radius 2 is 2.27 bits per heavy atom. The van der Waals surface area contributed by atoms with Crippen molar-refractivity contribution in [2.45, 2.75) is 24.8 Å². The lowest BCUT2D eigenvalue weighted by atomic mass is 10.8. The Bertz CT molecular complexity index is 348. The van der Waals surface area contributed by atoms with E-state index in [1.54, 1.807) is 10.9 Å². The highest BCUT2D eigenvalue weighted by Crippen LogP contribution is 2.14. The molecule has 0 aromatic carbocycles. The molecule has 0 saturated heterocycles. The number of nitrogens with zero attached hydrogens (tertiary/aromatic N) is 3. The molecule has 0 atom stereocenters. The van der Waals surface area contributed by atoms with Crippen LogP contribution in [0.3, 0.4) is 0 Å². The number of aryl methyl sites for hydroxylation is 1. The molecular formula is C8H15N3O2SSi. The molecule has 84 valence electrons. The highest BCUT2D eigenvalue weighted by Gasteiger charge is 2.20. The summed E-state index contributed by atoms with van der Waals surface area (Å²) in [5, 5.41) is 8.31. The van der Waals surface area contributed by atoms with E-state index >= 15 is 0 Å². The maximum atomic E-state index is 11.4. The first kappa shape index (κ1) is 12.2. The first-order valence-electron chi connectivity index (χ1n) is 4.57. The SMILES string of the molecule is Cn1cnnc1SCC(=O)O[Si](C)(C)C. The summed E-state index contributed by atoms with van der Waals surface area (Å²) in [5.74, 6) is 0.110. The Labute approximate surface area is 94.4 Å². The Morgan fingerprint density at radius 1 is 1.60 bits per heavy atom. The van der Waals surface area contributed by atoms with E-state index < -0.39 is 8.32 Å². The van der Waals surface area contributed by atoms with Gasteiger partial charge in [0, 0.05) is 7.05 Å². The fourth-order valence-corrected chi connectivity index (χ4v) is 2.42. The molecule has 1 aromatic heterocycles. The lowest BCUT2D eigenvalue weighted by Crippen LogP contribution is -2.30. The summed E-state index contributed by atoms with van der Waals surface area (Å²) in [6.45, 7) is 5.95. The van der Waals surface area contributed by atoms with Crippen LogP contribution in [0.25, 0.3) is 0 Å². The Balaban J connectivity index is 2.38. The molecule has 0 bridgehead atoms. The van der Waals surface area contributed by atoms with Gasteiger partial charge in [-0.15, -0.1) is 10.2 Å². The summed E-state index contributed by atoms with van der Waals surface area (Å²) in [4.78, 5) is 11.4. The van der Waals surface area contributed by atoms with Gasteiger partial charge in [0.1, 0.15) is 6.33 Å². The van der Waals surface area contributed by atoms with E-state index in [1.165, 1.54) is 11.8 Å². The smallest absolute Gasteiger partial charge is 0.303 e. The predicted octanol–water partition coefficient (Wildman–Crippen LogP) is 1.29. The van der Waals surface area contributed by atoms with Crippen molar-refractivity contribution < 1.29 is 9.22 Å². The van der Waals surface area contributed by atoms with Gasteiger partial charge in [0.15, 0.2) is 5.16 Å². The monoisotopic (exact) mass is 245 g/mol. The van der Waals surface area contributed by atoms with Gasteiger partial charge >= 0.3 is 5.97 Å². The summed E-state index contributed by atoms with van der Waals surface area (Å²) in [6, 6.07) is 0. The van der Waals surface area contributed by atoms with Crippen LogP contribution in [0.4, 0.5) is 0 Å². The molecule has 5 nitrogen and oxygen atoms in total. The van der Waals surface area contributed by atoms with Gasteiger partial charge in [-0.05, 0) is 19.6 Å². The van der Waals surface area contributed by atoms with Gasteiger partial charge in [-0.2, -0.15) is 0 Å². The molecule has 7 heteroatoms. The number of hydrogen-bond donors (Lipinski definition) is 0. The van der Waals surface area contributed by atoms with Crippen molar-refractivity contribution in [2.24, 2.45) is 7.05 Å². The third-order valence-electron chi connectivity index (χ3n) is 1.41. The maximum Gasteiger partial charge on any atom is 0.303 e. The van der Waals surface area contributed by atoms with E-state index in [0.29, 0.717) is 0 Å². The largest absolute Gasteiger partial charge is 0.519 e. The van der Waals surface area contributed by atoms with Crippen molar-refractivity contribution in [1.29, 1.82) is 0 Å². The number of hydrogen-bond acceptors (Lipinski definition) is 5. The zero-order chi connectivity index (χ0) is 11.5. The molecule has 0 spiro atoms. The van der Waals surface area contributed by atoms with Crippen molar-refractivity contribution in [2.75, 3.05) is 5.75 Å². The molecule has 1 rings (SSSR count). The van der Waals surface area contributed by atoms with Crippen molar-refractivity contribution in [3.8, 4) is 0 Å². The van der Waals surface area contributed by atoms with E-state index in [-0.39, 0.29) is 11.7 Å². The highest BCUT2D eigenvalue weighted by molar-refractivity contribution is 7.99.